The van der Waals surface area contributed by atoms with Gasteiger partial charge in [-0.1, -0.05) is 42.5 Å². The molecule has 1 N–H and O–H groups in total. The lowest BCUT2D eigenvalue weighted by molar-refractivity contribution is 0.101. The molecular weight excluding hydrogens is 302 g/mol. The van der Waals surface area contributed by atoms with E-state index in [1.807, 2.05) is 0 Å². The molecule has 2 aromatic carbocycles. The van der Waals surface area contributed by atoms with Gasteiger partial charge in [0.1, 0.15) is 5.75 Å². The van der Waals surface area contributed by atoms with Crippen molar-refractivity contribution >= 4 is 27.3 Å². The van der Waals surface area contributed by atoms with Crippen LogP contribution in [0.4, 0.5) is 5.69 Å². The Labute approximate surface area is 129 Å². The number of Topliss-reactive ketones (excluding diaryl/α,β-unsaturated/α-hetero) is 2. The van der Waals surface area contributed by atoms with E-state index in [0.717, 1.165) is 0 Å². The SMILES string of the molecule is CC(=O)c1ccccc1NS(=O)(=O)CC(=O)c1ccccc1. The quantitative estimate of drug-likeness (QED) is 0.830. The third-order valence-electron chi connectivity index (χ3n) is 2.99. The summed E-state index contributed by atoms with van der Waals surface area (Å²) in [5.41, 5.74) is 0.766. The van der Waals surface area contributed by atoms with E-state index >= 15 is 0 Å². The number of nitrogens with one attached hydrogen (secondary N) is 1. The molecule has 0 bridgehead atoms. The average Bonchev–Trinajstić information content (AvgIpc) is 2.47. The first-order chi connectivity index (χ1) is 10.4. The van der Waals surface area contributed by atoms with Gasteiger partial charge in [0.15, 0.2) is 11.6 Å². The van der Waals surface area contributed by atoms with Crippen LogP contribution < -0.4 is 4.72 Å². The summed E-state index contributed by atoms with van der Waals surface area (Å²) in [6, 6.07) is 14.5. The molecule has 0 aliphatic heterocycles. The van der Waals surface area contributed by atoms with Crippen LogP contribution >= 0.6 is 0 Å². The summed E-state index contributed by atoms with van der Waals surface area (Å²) in [5, 5.41) is 0. The zero-order chi connectivity index (χ0) is 16.2. The van der Waals surface area contributed by atoms with Crippen LogP contribution in [-0.2, 0) is 10.0 Å². The molecule has 0 fully saturated rings. The van der Waals surface area contributed by atoms with E-state index in [1.165, 1.54) is 19.1 Å². The van der Waals surface area contributed by atoms with E-state index in [-0.39, 0.29) is 17.0 Å². The third kappa shape index (κ3) is 4.02. The number of ketones is 2. The Hall–Kier alpha value is -2.47. The molecule has 2 aromatic rings. The fraction of sp³-hybridized carbons (Fsp3) is 0.125. The smallest absolute Gasteiger partial charge is 0.240 e. The van der Waals surface area contributed by atoms with E-state index in [4.69, 9.17) is 0 Å². The molecule has 22 heavy (non-hydrogen) atoms. The molecule has 0 unspecified atom stereocenters. The summed E-state index contributed by atoms with van der Waals surface area (Å²) in [7, 11) is -3.89. The standard InChI is InChI=1S/C16H15NO4S/c1-12(18)14-9-5-6-10-15(14)17-22(20,21)11-16(19)13-7-3-2-4-8-13/h2-10,17H,11H2,1H3. The van der Waals surface area contributed by atoms with Crippen molar-refractivity contribution in [2.45, 2.75) is 6.92 Å². The van der Waals surface area contributed by atoms with Gasteiger partial charge in [0, 0.05) is 11.1 Å². The van der Waals surface area contributed by atoms with Gasteiger partial charge in [-0.05, 0) is 19.1 Å². The number of hydrogen-bond donors (Lipinski definition) is 1. The molecule has 5 nitrogen and oxygen atoms in total. The van der Waals surface area contributed by atoms with E-state index in [0.29, 0.717) is 5.56 Å². The van der Waals surface area contributed by atoms with Gasteiger partial charge in [-0.15, -0.1) is 0 Å². The molecule has 0 aliphatic carbocycles. The fourth-order valence-corrected chi connectivity index (χ4v) is 3.06. The van der Waals surface area contributed by atoms with Gasteiger partial charge in [0.05, 0.1) is 5.69 Å². The largest absolute Gasteiger partial charge is 0.294 e. The minimum Gasteiger partial charge on any atom is -0.294 e. The van der Waals surface area contributed by atoms with Crippen LogP contribution in [0.3, 0.4) is 0 Å². The molecular formula is C16H15NO4S. The Kier molecular flexibility index (Phi) is 4.72. The maximum absolute atomic E-state index is 12.1. The van der Waals surface area contributed by atoms with E-state index in [2.05, 4.69) is 4.72 Å². The van der Waals surface area contributed by atoms with Crippen molar-refractivity contribution in [3.8, 4) is 0 Å². The molecule has 0 saturated heterocycles. The molecule has 0 radical (unpaired) electrons. The van der Waals surface area contributed by atoms with Crippen molar-refractivity contribution in [1.82, 2.24) is 0 Å². The lowest BCUT2D eigenvalue weighted by Crippen LogP contribution is -2.23. The monoisotopic (exact) mass is 317 g/mol. The summed E-state index contributed by atoms with van der Waals surface area (Å²) in [6.07, 6.45) is 0. The van der Waals surface area contributed by atoms with Gasteiger partial charge in [0.25, 0.3) is 0 Å². The highest BCUT2D eigenvalue weighted by Gasteiger charge is 2.19. The number of benzene rings is 2. The highest BCUT2D eigenvalue weighted by Crippen LogP contribution is 2.17. The first-order valence-electron chi connectivity index (χ1n) is 6.58. The normalized spacial score (nSPS) is 11.0. The van der Waals surface area contributed by atoms with Crippen LogP contribution in [0.1, 0.15) is 27.6 Å². The van der Waals surface area contributed by atoms with E-state index in [1.54, 1.807) is 42.5 Å². The van der Waals surface area contributed by atoms with Gasteiger partial charge in [-0.2, -0.15) is 0 Å². The molecule has 0 spiro atoms. The summed E-state index contributed by atoms with van der Waals surface area (Å²) in [4.78, 5) is 23.5. The zero-order valence-corrected chi connectivity index (χ0v) is 12.8. The molecule has 0 saturated carbocycles. The summed E-state index contributed by atoms with van der Waals surface area (Å²) in [6.45, 7) is 1.35. The molecule has 0 aliphatic rings. The van der Waals surface area contributed by atoms with Gasteiger partial charge in [0.2, 0.25) is 10.0 Å². The Balaban J connectivity index is 2.19. The van der Waals surface area contributed by atoms with Gasteiger partial charge < -0.3 is 0 Å². The lowest BCUT2D eigenvalue weighted by atomic mass is 10.1. The van der Waals surface area contributed by atoms with Crippen molar-refractivity contribution < 1.29 is 18.0 Å². The van der Waals surface area contributed by atoms with Crippen molar-refractivity contribution in [3.63, 3.8) is 0 Å². The van der Waals surface area contributed by atoms with Crippen LogP contribution in [-0.4, -0.2) is 25.7 Å². The lowest BCUT2D eigenvalue weighted by Gasteiger charge is -2.10. The number of anilines is 1. The highest BCUT2D eigenvalue weighted by molar-refractivity contribution is 7.93. The number of hydrogen-bond acceptors (Lipinski definition) is 4. The van der Waals surface area contributed by atoms with Gasteiger partial charge in [-0.25, -0.2) is 8.42 Å². The summed E-state index contributed by atoms with van der Waals surface area (Å²) in [5.74, 6) is -1.44. The number of carbonyl (C=O) groups is 2. The molecule has 6 heteroatoms. The number of sulfonamides is 1. The highest BCUT2D eigenvalue weighted by atomic mass is 32.2. The summed E-state index contributed by atoms with van der Waals surface area (Å²) >= 11 is 0. The van der Waals surface area contributed by atoms with Crippen LogP contribution in [0.15, 0.2) is 54.6 Å². The topological polar surface area (TPSA) is 80.3 Å². The fourth-order valence-electron chi connectivity index (χ4n) is 1.96. The van der Waals surface area contributed by atoms with E-state index in [9.17, 15) is 18.0 Å². The zero-order valence-electron chi connectivity index (χ0n) is 11.9. The number of carbonyl (C=O) groups excluding carboxylic acids is 2. The molecule has 0 aromatic heterocycles. The Morgan fingerprint density at radius 2 is 1.55 bits per heavy atom. The Bertz CT molecular complexity index is 798. The Morgan fingerprint density at radius 1 is 0.955 bits per heavy atom. The first-order valence-corrected chi connectivity index (χ1v) is 8.23. The second-order valence-corrected chi connectivity index (χ2v) is 6.47. The van der Waals surface area contributed by atoms with Gasteiger partial charge in [-0.3, -0.25) is 14.3 Å². The molecule has 2 rings (SSSR count). The second-order valence-electron chi connectivity index (χ2n) is 4.75. The van der Waals surface area contributed by atoms with Crippen molar-refractivity contribution in [1.29, 1.82) is 0 Å². The maximum Gasteiger partial charge on any atom is 0.240 e. The minimum absolute atomic E-state index is 0.177. The first kappa shape index (κ1) is 15.9. The predicted molar refractivity (Wildman–Crippen MR) is 84.6 cm³/mol. The van der Waals surface area contributed by atoms with Crippen LogP contribution in [0.25, 0.3) is 0 Å². The maximum atomic E-state index is 12.1. The molecule has 0 atom stereocenters. The molecule has 114 valence electrons. The summed E-state index contributed by atoms with van der Waals surface area (Å²) < 4.78 is 26.5. The third-order valence-corrected chi connectivity index (χ3v) is 4.16. The van der Waals surface area contributed by atoms with Crippen molar-refractivity contribution in [2.75, 3.05) is 10.5 Å². The molecule has 0 heterocycles. The molecule has 0 amide bonds. The van der Waals surface area contributed by atoms with Crippen LogP contribution in [0.2, 0.25) is 0 Å². The second kappa shape index (κ2) is 6.53. The van der Waals surface area contributed by atoms with Crippen molar-refractivity contribution in [3.05, 3.63) is 65.7 Å². The predicted octanol–water partition coefficient (Wildman–Crippen LogP) is 2.51. The average molecular weight is 317 g/mol. The Morgan fingerprint density at radius 3 is 2.18 bits per heavy atom. The van der Waals surface area contributed by atoms with Gasteiger partial charge >= 0.3 is 0 Å². The minimum atomic E-state index is -3.89. The van der Waals surface area contributed by atoms with E-state index < -0.39 is 21.6 Å². The number of rotatable bonds is 6. The van der Waals surface area contributed by atoms with Crippen LogP contribution in [0, 0.1) is 0 Å². The number of para-hydroxylation sites is 1. The van der Waals surface area contributed by atoms with Crippen molar-refractivity contribution in [2.24, 2.45) is 0 Å². The van der Waals surface area contributed by atoms with Crippen LogP contribution in [0.5, 0.6) is 0 Å².